The topological polar surface area (TPSA) is 90.3 Å². The third-order valence-electron chi connectivity index (χ3n) is 4.57. The zero-order chi connectivity index (χ0) is 22.9. The number of hydrogen-bond donors (Lipinski definition) is 1. The minimum Gasteiger partial charge on any atom is -0.466 e. The molecule has 0 aliphatic carbocycles. The van der Waals surface area contributed by atoms with Crippen molar-refractivity contribution in [2.75, 3.05) is 18.9 Å². The summed E-state index contributed by atoms with van der Waals surface area (Å²) in [5.74, 6) is -0.340. The van der Waals surface area contributed by atoms with Crippen molar-refractivity contribution in [3.8, 4) is 11.1 Å². The molecule has 32 heavy (non-hydrogen) atoms. The number of amides is 1. The van der Waals surface area contributed by atoms with Gasteiger partial charge in [-0.1, -0.05) is 48.2 Å². The summed E-state index contributed by atoms with van der Waals surface area (Å²) in [5, 5.41) is 5.78. The van der Waals surface area contributed by atoms with Crippen molar-refractivity contribution < 1.29 is 14.3 Å². The van der Waals surface area contributed by atoms with E-state index in [1.54, 1.807) is 17.6 Å². The fraction of sp³-hybridized carbons (Fsp3) is 0.304. The highest BCUT2D eigenvalue weighted by atomic mass is 32.2. The average Bonchev–Trinajstić information content (AvgIpc) is 3.22. The van der Waals surface area contributed by atoms with E-state index in [9.17, 15) is 14.4 Å². The van der Waals surface area contributed by atoms with E-state index in [2.05, 4.69) is 16.9 Å². The molecular formula is C23H25N3O4S2. The van der Waals surface area contributed by atoms with Crippen LogP contribution in [0.4, 0.5) is 0 Å². The van der Waals surface area contributed by atoms with Gasteiger partial charge in [0.2, 0.25) is 5.91 Å². The summed E-state index contributed by atoms with van der Waals surface area (Å²) < 4.78 is 6.41. The normalized spacial score (nSPS) is 10.8. The first-order chi connectivity index (χ1) is 15.5. The molecule has 0 saturated heterocycles. The number of nitrogens with zero attached hydrogens (tertiary/aromatic N) is 2. The largest absolute Gasteiger partial charge is 0.466 e. The van der Waals surface area contributed by atoms with Crippen LogP contribution in [0.1, 0.15) is 19.8 Å². The smallest absolute Gasteiger partial charge is 0.305 e. The van der Waals surface area contributed by atoms with Crippen molar-refractivity contribution in [1.82, 2.24) is 14.9 Å². The highest BCUT2D eigenvalue weighted by molar-refractivity contribution is 7.99. The molecular weight excluding hydrogens is 446 g/mol. The van der Waals surface area contributed by atoms with E-state index < -0.39 is 0 Å². The molecule has 0 bridgehead atoms. The summed E-state index contributed by atoms with van der Waals surface area (Å²) in [4.78, 5) is 42.2. The fourth-order valence-corrected chi connectivity index (χ4v) is 4.94. The lowest BCUT2D eigenvalue weighted by Crippen LogP contribution is -2.28. The Kier molecular flexibility index (Phi) is 8.64. The van der Waals surface area contributed by atoms with Crippen molar-refractivity contribution in [1.29, 1.82) is 0 Å². The molecule has 0 saturated carbocycles. The molecule has 0 aliphatic rings. The maximum atomic E-state index is 13.3. The predicted molar refractivity (Wildman–Crippen MR) is 129 cm³/mol. The van der Waals surface area contributed by atoms with E-state index in [1.165, 1.54) is 23.1 Å². The van der Waals surface area contributed by atoms with Crippen LogP contribution in [0.2, 0.25) is 0 Å². The van der Waals surface area contributed by atoms with Gasteiger partial charge in [-0.05, 0) is 18.9 Å². The van der Waals surface area contributed by atoms with E-state index in [0.29, 0.717) is 41.5 Å². The minimum absolute atomic E-state index is 0.116. The molecule has 3 aromatic rings. The summed E-state index contributed by atoms with van der Waals surface area (Å²) in [6.45, 7) is 6.54. The van der Waals surface area contributed by atoms with Gasteiger partial charge in [0.1, 0.15) is 4.83 Å². The summed E-state index contributed by atoms with van der Waals surface area (Å²) in [5.41, 5.74) is 1.68. The lowest BCUT2D eigenvalue weighted by atomic mass is 10.1. The lowest BCUT2D eigenvalue weighted by molar-refractivity contribution is -0.143. The second-order valence-corrected chi connectivity index (χ2v) is 8.64. The second kappa shape index (κ2) is 11.6. The molecule has 0 unspecified atom stereocenters. The Morgan fingerprint density at radius 3 is 2.81 bits per heavy atom. The summed E-state index contributed by atoms with van der Waals surface area (Å²) in [7, 11) is 0. The van der Waals surface area contributed by atoms with E-state index in [-0.39, 0.29) is 29.6 Å². The van der Waals surface area contributed by atoms with Crippen LogP contribution in [0.5, 0.6) is 0 Å². The molecule has 0 radical (unpaired) electrons. The molecule has 0 spiro atoms. The second-order valence-electron chi connectivity index (χ2n) is 6.84. The molecule has 9 heteroatoms. The third-order valence-corrected chi connectivity index (χ3v) is 6.42. The Labute approximate surface area is 194 Å². The molecule has 0 aliphatic heterocycles. The minimum atomic E-state index is -0.270. The van der Waals surface area contributed by atoms with Gasteiger partial charge in [0.05, 0.1) is 17.7 Å². The van der Waals surface area contributed by atoms with E-state index >= 15 is 0 Å². The van der Waals surface area contributed by atoms with E-state index in [1.807, 2.05) is 35.7 Å². The third kappa shape index (κ3) is 5.86. The highest BCUT2D eigenvalue weighted by Crippen LogP contribution is 2.32. The standard InChI is InChI=1S/C23H25N3O4S2/c1-3-13-26-22(29)20-17(16-9-6-5-7-10-16)14-31-21(20)25-23(26)32-15-18(27)24-12-8-11-19(28)30-4-2/h3,5-7,9-10,14H,1,4,8,11-13,15H2,2H3,(H,24,27). The van der Waals surface area contributed by atoms with Crippen LogP contribution >= 0.6 is 23.1 Å². The van der Waals surface area contributed by atoms with Gasteiger partial charge in [-0.25, -0.2) is 4.98 Å². The number of ether oxygens (including phenoxy) is 1. The van der Waals surface area contributed by atoms with Crippen LogP contribution < -0.4 is 10.9 Å². The monoisotopic (exact) mass is 471 g/mol. The first-order valence-corrected chi connectivity index (χ1v) is 12.1. The molecule has 1 aromatic carbocycles. The van der Waals surface area contributed by atoms with Gasteiger partial charge >= 0.3 is 5.97 Å². The van der Waals surface area contributed by atoms with Gasteiger partial charge in [0, 0.05) is 30.5 Å². The molecule has 1 amide bonds. The van der Waals surface area contributed by atoms with Gasteiger partial charge < -0.3 is 10.1 Å². The SMILES string of the molecule is C=CCn1c(SCC(=O)NCCCC(=O)OCC)nc2scc(-c3ccccc3)c2c1=O. The predicted octanol–water partition coefficient (Wildman–Crippen LogP) is 3.86. The Morgan fingerprint density at radius 2 is 2.09 bits per heavy atom. The number of carbonyl (C=O) groups is 2. The number of hydrogen-bond acceptors (Lipinski definition) is 7. The summed E-state index contributed by atoms with van der Waals surface area (Å²) >= 11 is 2.62. The van der Waals surface area contributed by atoms with Gasteiger partial charge in [-0.15, -0.1) is 17.9 Å². The number of aromatic nitrogens is 2. The van der Waals surface area contributed by atoms with Gasteiger partial charge in [-0.3, -0.25) is 19.0 Å². The van der Waals surface area contributed by atoms with Crippen LogP contribution in [0.3, 0.4) is 0 Å². The Morgan fingerprint density at radius 1 is 1.31 bits per heavy atom. The summed E-state index contributed by atoms with van der Waals surface area (Å²) in [6, 6.07) is 9.73. The van der Waals surface area contributed by atoms with Crippen molar-refractivity contribution in [3.05, 3.63) is 58.7 Å². The number of allylic oxidation sites excluding steroid dienone is 1. The van der Waals surface area contributed by atoms with Crippen LogP contribution in [-0.2, 0) is 20.9 Å². The molecule has 7 nitrogen and oxygen atoms in total. The molecule has 1 N–H and O–H groups in total. The lowest BCUT2D eigenvalue weighted by Gasteiger charge is -2.11. The quantitative estimate of drug-likeness (QED) is 0.150. The number of benzene rings is 1. The van der Waals surface area contributed by atoms with Crippen molar-refractivity contribution >= 4 is 45.2 Å². The van der Waals surface area contributed by atoms with Crippen molar-refractivity contribution in [2.45, 2.75) is 31.5 Å². The fourth-order valence-electron chi connectivity index (χ4n) is 3.11. The number of esters is 1. The molecule has 3 rings (SSSR count). The zero-order valence-electron chi connectivity index (χ0n) is 17.8. The van der Waals surface area contributed by atoms with Gasteiger partial charge in [0.25, 0.3) is 5.56 Å². The number of rotatable bonds is 11. The number of carbonyl (C=O) groups excluding carboxylic acids is 2. The first-order valence-electron chi connectivity index (χ1n) is 10.3. The number of thiophene rings is 1. The number of thioether (sulfide) groups is 1. The Hall–Kier alpha value is -2.91. The molecule has 0 atom stereocenters. The Bertz CT molecular complexity index is 1160. The van der Waals surface area contributed by atoms with Gasteiger partial charge in [-0.2, -0.15) is 0 Å². The zero-order valence-corrected chi connectivity index (χ0v) is 19.5. The average molecular weight is 472 g/mol. The number of fused-ring (bicyclic) bond motifs is 1. The summed E-state index contributed by atoms with van der Waals surface area (Å²) in [6.07, 6.45) is 2.42. The molecule has 168 valence electrons. The Balaban J connectivity index is 1.72. The highest BCUT2D eigenvalue weighted by Gasteiger charge is 2.17. The molecule has 2 heterocycles. The maximum Gasteiger partial charge on any atom is 0.305 e. The van der Waals surface area contributed by atoms with Crippen LogP contribution in [0, 0.1) is 0 Å². The maximum absolute atomic E-state index is 13.3. The van der Waals surface area contributed by atoms with Crippen molar-refractivity contribution in [3.63, 3.8) is 0 Å². The van der Waals surface area contributed by atoms with E-state index in [4.69, 9.17) is 4.74 Å². The van der Waals surface area contributed by atoms with E-state index in [0.717, 1.165) is 11.1 Å². The van der Waals surface area contributed by atoms with Crippen LogP contribution in [0.15, 0.2) is 58.3 Å². The molecule has 2 aromatic heterocycles. The van der Waals surface area contributed by atoms with Gasteiger partial charge in [0.15, 0.2) is 5.16 Å². The van der Waals surface area contributed by atoms with Crippen molar-refractivity contribution in [2.24, 2.45) is 0 Å². The van der Waals surface area contributed by atoms with Crippen LogP contribution in [-0.4, -0.2) is 40.3 Å². The molecule has 0 fully saturated rings. The van der Waals surface area contributed by atoms with Crippen LogP contribution in [0.25, 0.3) is 21.3 Å². The number of nitrogens with one attached hydrogen (secondary N) is 1. The first kappa shape index (κ1) is 23.7.